The lowest BCUT2D eigenvalue weighted by molar-refractivity contribution is -0.143. The number of ether oxygens (including phenoxy) is 2. The predicted molar refractivity (Wildman–Crippen MR) is 59.1 cm³/mol. The molecule has 0 aromatic heterocycles. The lowest BCUT2D eigenvalue weighted by Crippen LogP contribution is -2.26. The molecule has 1 saturated carbocycles. The van der Waals surface area contributed by atoms with E-state index in [2.05, 4.69) is 9.47 Å². The quantitative estimate of drug-likeness (QED) is 0.690. The molecule has 0 N–H and O–H groups in total. The summed E-state index contributed by atoms with van der Waals surface area (Å²) in [6.45, 7) is 0. The standard InChI is InChI=1S/C12H18O5/c1-16-11(14)6-8-3-9(5-10(13)4-8)7-12(15)17-2/h8-9H,3-7H2,1-2H3. The normalized spacial score (nSPS) is 24.2. The number of carbonyl (C=O) groups excluding carboxylic acids is 3. The minimum absolute atomic E-state index is 0.00152. The Morgan fingerprint density at radius 3 is 1.82 bits per heavy atom. The molecule has 0 saturated heterocycles. The van der Waals surface area contributed by atoms with Gasteiger partial charge in [0.05, 0.1) is 14.2 Å². The van der Waals surface area contributed by atoms with Crippen LogP contribution in [0.25, 0.3) is 0 Å². The zero-order valence-corrected chi connectivity index (χ0v) is 10.2. The number of rotatable bonds is 4. The Kier molecular flexibility index (Phi) is 5.12. The van der Waals surface area contributed by atoms with Gasteiger partial charge in [0.2, 0.25) is 0 Å². The van der Waals surface area contributed by atoms with E-state index in [9.17, 15) is 14.4 Å². The van der Waals surface area contributed by atoms with E-state index in [1.807, 2.05) is 0 Å². The SMILES string of the molecule is COC(=O)CC1CC(=O)CC(CC(=O)OC)C1. The van der Waals surface area contributed by atoms with Crippen molar-refractivity contribution in [3.63, 3.8) is 0 Å². The Bertz CT molecular complexity index is 282. The van der Waals surface area contributed by atoms with Gasteiger partial charge in [-0.15, -0.1) is 0 Å². The molecule has 1 fully saturated rings. The van der Waals surface area contributed by atoms with Crippen molar-refractivity contribution in [3.05, 3.63) is 0 Å². The van der Waals surface area contributed by atoms with Crippen LogP contribution in [0, 0.1) is 11.8 Å². The lowest BCUT2D eigenvalue weighted by atomic mass is 9.78. The van der Waals surface area contributed by atoms with E-state index in [0.717, 1.165) is 0 Å². The smallest absolute Gasteiger partial charge is 0.305 e. The molecule has 0 bridgehead atoms. The van der Waals surface area contributed by atoms with Gasteiger partial charge in [0.1, 0.15) is 5.78 Å². The first-order valence-corrected chi connectivity index (χ1v) is 5.70. The van der Waals surface area contributed by atoms with Crippen LogP contribution < -0.4 is 0 Å². The second-order valence-electron chi connectivity index (χ2n) is 4.48. The largest absolute Gasteiger partial charge is 0.469 e. The minimum Gasteiger partial charge on any atom is -0.469 e. The topological polar surface area (TPSA) is 69.7 Å². The molecule has 5 heteroatoms. The number of hydrogen-bond acceptors (Lipinski definition) is 5. The van der Waals surface area contributed by atoms with Crippen LogP contribution in [0.1, 0.15) is 32.1 Å². The molecule has 0 spiro atoms. The van der Waals surface area contributed by atoms with Crippen molar-refractivity contribution in [1.29, 1.82) is 0 Å². The summed E-state index contributed by atoms with van der Waals surface area (Å²) in [6, 6.07) is 0. The van der Waals surface area contributed by atoms with E-state index in [0.29, 0.717) is 19.3 Å². The summed E-state index contributed by atoms with van der Waals surface area (Å²) in [5.74, 6) is -0.501. The zero-order valence-electron chi connectivity index (χ0n) is 10.2. The fourth-order valence-corrected chi connectivity index (χ4v) is 2.31. The van der Waals surface area contributed by atoms with Crippen molar-refractivity contribution in [2.24, 2.45) is 11.8 Å². The van der Waals surface area contributed by atoms with Gasteiger partial charge in [-0.05, 0) is 18.3 Å². The third kappa shape index (κ3) is 4.54. The van der Waals surface area contributed by atoms with Crippen LogP contribution in [0.2, 0.25) is 0 Å². The highest BCUT2D eigenvalue weighted by Crippen LogP contribution is 2.31. The monoisotopic (exact) mass is 242 g/mol. The van der Waals surface area contributed by atoms with Crippen LogP contribution in [0.4, 0.5) is 0 Å². The Labute approximate surface area is 100 Å². The average molecular weight is 242 g/mol. The summed E-state index contributed by atoms with van der Waals surface area (Å²) in [5, 5.41) is 0. The number of hydrogen-bond donors (Lipinski definition) is 0. The van der Waals surface area contributed by atoms with Crippen LogP contribution in [0.3, 0.4) is 0 Å². The van der Waals surface area contributed by atoms with E-state index in [1.165, 1.54) is 14.2 Å². The highest BCUT2D eigenvalue weighted by molar-refractivity contribution is 5.81. The molecule has 17 heavy (non-hydrogen) atoms. The van der Waals surface area contributed by atoms with Crippen LogP contribution >= 0.6 is 0 Å². The maximum atomic E-state index is 11.5. The third-order valence-electron chi connectivity index (χ3n) is 3.07. The molecule has 2 atom stereocenters. The molecular weight excluding hydrogens is 224 g/mol. The zero-order chi connectivity index (χ0) is 12.8. The molecule has 5 nitrogen and oxygen atoms in total. The Hall–Kier alpha value is -1.39. The first kappa shape index (κ1) is 13.7. The molecule has 96 valence electrons. The molecule has 0 aromatic carbocycles. The first-order chi connectivity index (χ1) is 8.05. The van der Waals surface area contributed by atoms with Gasteiger partial charge in [-0.3, -0.25) is 14.4 Å². The number of Topliss-reactive ketones (excluding diaryl/α,β-unsaturated/α-hetero) is 1. The summed E-state index contributed by atoms with van der Waals surface area (Å²) < 4.78 is 9.17. The van der Waals surface area contributed by atoms with Crippen molar-refractivity contribution in [1.82, 2.24) is 0 Å². The summed E-state index contributed by atoms with van der Waals surface area (Å²) >= 11 is 0. The van der Waals surface area contributed by atoms with Gasteiger partial charge in [0.25, 0.3) is 0 Å². The fourth-order valence-electron chi connectivity index (χ4n) is 2.31. The third-order valence-corrected chi connectivity index (χ3v) is 3.07. The maximum Gasteiger partial charge on any atom is 0.305 e. The van der Waals surface area contributed by atoms with E-state index in [4.69, 9.17) is 0 Å². The van der Waals surface area contributed by atoms with Gasteiger partial charge in [0.15, 0.2) is 0 Å². The van der Waals surface area contributed by atoms with Gasteiger partial charge >= 0.3 is 11.9 Å². The molecule has 2 unspecified atom stereocenters. The molecule has 1 aliphatic carbocycles. The van der Waals surface area contributed by atoms with Gasteiger partial charge in [-0.2, -0.15) is 0 Å². The second-order valence-corrected chi connectivity index (χ2v) is 4.48. The van der Waals surface area contributed by atoms with Gasteiger partial charge < -0.3 is 9.47 Å². The number of esters is 2. The van der Waals surface area contributed by atoms with Crippen molar-refractivity contribution in [2.45, 2.75) is 32.1 Å². The highest BCUT2D eigenvalue weighted by atomic mass is 16.5. The van der Waals surface area contributed by atoms with E-state index in [-0.39, 0.29) is 42.4 Å². The Morgan fingerprint density at radius 2 is 1.47 bits per heavy atom. The number of carbonyl (C=O) groups is 3. The molecule has 0 aliphatic heterocycles. The van der Waals surface area contributed by atoms with Crippen LogP contribution in [0.5, 0.6) is 0 Å². The first-order valence-electron chi connectivity index (χ1n) is 5.70. The molecule has 0 amide bonds. The van der Waals surface area contributed by atoms with Gasteiger partial charge in [0, 0.05) is 25.7 Å². The average Bonchev–Trinajstić information content (AvgIpc) is 2.27. The fraction of sp³-hybridized carbons (Fsp3) is 0.750. The van der Waals surface area contributed by atoms with Crippen LogP contribution in [0.15, 0.2) is 0 Å². The Morgan fingerprint density at radius 1 is 1.06 bits per heavy atom. The van der Waals surface area contributed by atoms with E-state index in [1.54, 1.807) is 0 Å². The molecule has 1 rings (SSSR count). The second kappa shape index (κ2) is 6.37. The van der Waals surface area contributed by atoms with Crippen molar-refractivity contribution in [2.75, 3.05) is 14.2 Å². The van der Waals surface area contributed by atoms with Crippen molar-refractivity contribution in [3.8, 4) is 0 Å². The van der Waals surface area contributed by atoms with E-state index >= 15 is 0 Å². The molecule has 0 aromatic rings. The van der Waals surface area contributed by atoms with Gasteiger partial charge in [-0.1, -0.05) is 0 Å². The summed E-state index contributed by atoms with van der Waals surface area (Å²) in [6.07, 6.45) is 2.02. The molecule has 0 heterocycles. The predicted octanol–water partition coefficient (Wildman–Crippen LogP) is 1.10. The van der Waals surface area contributed by atoms with Crippen molar-refractivity contribution < 1.29 is 23.9 Å². The van der Waals surface area contributed by atoms with Gasteiger partial charge in [-0.25, -0.2) is 0 Å². The summed E-state index contributed by atoms with van der Waals surface area (Å²) in [7, 11) is 2.66. The summed E-state index contributed by atoms with van der Waals surface area (Å²) in [5.41, 5.74) is 0. The lowest BCUT2D eigenvalue weighted by Gasteiger charge is -2.26. The minimum atomic E-state index is -0.304. The Balaban J connectivity index is 2.50. The summed E-state index contributed by atoms with van der Waals surface area (Å²) in [4.78, 5) is 33.8. The maximum absolute atomic E-state index is 11.5. The molecular formula is C12H18O5. The van der Waals surface area contributed by atoms with E-state index < -0.39 is 0 Å². The van der Waals surface area contributed by atoms with Crippen LogP contribution in [-0.4, -0.2) is 31.9 Å². The van der Waals surface area contributed by atoms with Crippen LogP contribution in [-0.2, 0) is 23.9 Å². The number of methoxy groups -OCH3 is 2. The highest BCUT2D eigenvalue weighted by Gasteiger charge is 2.30. The molecule has 1 aliphatic rings. The van der Waals surface area contributed by atoms with Crippen molar-refractivity contribution >= 4 is 17.7 Å². The number of ketones is 1. The molecule has 0 radical (unpaired) electrons.